The highest BCUT2D eigenvalue weighted by molar-refractivity contribution is 5.73. The Kier molecular flexibility index (Phi) is 3.71. The largest absolute Gasteiger partial charge is 0.356 e. The predicted octanol–water partition coefficient (Wildman–Crippen LogP) is 3.31. The summed E-state index contributed by atoms with van der Waals surface area (Å²) in [7, 11) is 0. The van der Waals surface area contributed by atoms with Gasteiger partial charge in [0.15, 0.2) is 0 Å². The molecule has 1 atom stereocenters. The fourth-order valence-electron chi connectivity index (χ4n) is 3.59. The average molecular weight is 341 g/mol. The van der Waals surface area contributed by atoms with Gasteiger partial charge in [-0.3, -0.25) is 15.1 Å². The molecule has 1 unspecified atom stereocenters. The molecule has 128 valence electrons. The minimum Gasteiger partial charge on any atom is -0.356 e. The van der Waals surface area contributed by atoms with Crippen molar-refractivity contribution in [1.29, 1.82) is 0 Å². The van der Waals surface area contributed by atoms with Gasteiger partial charge in [0.25, 0.3) is 0 Å². The van der Waals surface area contributed by atoms with Crippen LogP contribution in [0, 0.1) is 15.9 Å². The van der Waals surface area contributed by atoms with Crippen LogP contribution in [0.25, 0.3) is 0 Å². The second-order valence-electron chi connectivity index (χ2n) is 6.49. The molecule has 2 aromatic rings. The van der Waals surface area contributed by atoms with Crippen LogP contribution < -0.4 is 4.90 Å². The molecule has 4 rings (SSSR count). The Morgan fingerprint density at radius 1 is 1.32 bits per heavy atom. The predicted molar refractivity (Wildman–Crippen MR) is 89.1 cm³/mol. The van der Waals surface area contributed by atoms with Gasteiger partial charge in [0, 0.05) is 18.8 Å². The van der Waals surface area contributed by atoms with Crippen molar-refractivity contribution in [2.24, 2.45) is 0 Å². The summed E-state index contributed by atoms with van der Waals surface area (Å²) in [6, 6.07) is 3.68. The first-order valence-electron chi connectivity index (χ1n) is 8.22. The maximum Gasteiger partial charge on any atom is 0.305 e. The second kappa shape index (κ2) is 5.91. The zero-order valence-electron chi connectivity index (χ0n) is 13.4. The summed E-state index contributed by atoms with van der Waals surface area (Å²) < 4.78 is 13.9. The fraction of sp³-hybridized carbons (Fsp3) is 0.333. The number of nitro groups is 1. The number of nitrogens with zero attached hydrogens (tertiary/aromatic N) is 3. The maximum atomic E-state index is 13.9. The van der Waals surface area contributed by atoms with Gasteiger partial charge in [-0.2, -0.15) is 4.39 Å². The molecule has 2 heterocycles. The highest BCUT2D eigenvalue weighted by Crippen LogP contribution is 2.46. The molecule has 2 aliphatic rings. The van der Waals surface area contributed by atoms with Crippen LogP contribution in [0.2, 0.25) is 0 Å². The van der Waals surface area contributed by atoms with E-state index in [9.17, 15) is 19.3 Å². The van der Waals surface area contributed by atoms with Crippen LogP contribution in [-0.2, 0) is 11.2 Å². The summed E-state index contributed by atoms with van der Waals surface area (Å²) in [4.78, 5) is 28.3. The smallest absolute Gasteiger partial charge is 0.305 e. The first-order valence-corrected chi connectivity index (χ1v) is 8.22. The quantitative estimate of drug-likeness (QED) is 0.484. The van der Waals surface area contributed by atoms with Crippen LogP contribution in [0.15, 0.2) is 30.6 Å². The van der Waals surface area contributed by atoms with E-state index in [-0.39, 0.29) is 0 Å². The standard InChI is InChI=1S/C18H16FN3O3/c19-15-7-12-4-6-21(17-9-20-5-3-13(17)11-1-2-11)18(10-23)14(12)8-16(15)22(24)25/h3,5,7-11,18H,1-2,4,6H2. The van der Waals surface area contributed by atoms with Gasteiger partial charge in [-0.1, -0.05) is 0 Å². The summed E-state index contributed by atoms with van der Waals surface area (Å²) in [6.45, 7) is 0.541. The molecule has 0 bridgehead atoms. The number of fused-ring (bicyclic) bond motifs is 1. The number of aromatic nitrogens is 1. The van der Waals surface area contributed by atoms with Crippen molar-refractivity contribution >= 4 is 17.7 Å². The van der Waals surface area contributed by atoms with Crippen molar-refractivity contribution in [2.45, 2.75) is 31.2 Å². The van der Waals surface area contributed by atoms with E-state index >= 15 is 0 Å². The lowest BCUT2D eigenvalue weighted by Crippen LogP contribution is -2.37. The molecule has 7 heteroatoms. The molecule has 0 radical (unpaired) electrons. The van der Waals surface area contributed by atoms with Gasteiger partial charge in [-0.15, -0.1) is 0 Å². The number of hydrogen-bond donors (Lipinski definition) is 0. The Bertz CT molecular complexity index is 867. The van der Waals surface area contributed by atoms with E-state index in [0.717, 1.165) is 30.4 Å². The van der Waals surface area contributed by atoms with E-state index in [1.54, 1.807) is 12.4 Å². The van der Waals surface area contributed by atoms with Crippen LogP contribution in [0.3, 0.4) is 0 Å². The third kappa shape index (κ3) is 2.65. The van der Waals surface area contributed by atoms with E-state index < -0.39 is 22.5 Å². The van der Waals surface area contributed by atoms with Gasteiger partial charge in [-0.05, 0) is 54.0 Å². The molecule has 1 fully saturated rings. The van der Waals surface area contributed by atoms with Crippen LogP contribution in [0.1, 0.15) is 41.5 Å². The Morgan fingerprint density at radius 3 is 2.80 bits per heavy atom. The van der Waals surface area contributed by atoms with Crippen LogP contribution >= 0.6 is 0 Å². The lowest BCUT2D eigenvalue weighted by molar-refractivity contribution is -0.387. The Balaban J connectivity index is 1.80. The highest BCUT2D eigenvalue weighted by Gasteiger charge is 2.34. The lowest BCUT2D eigenvalue weighted by Gasteiger charge is -2.36. The van der Waals surface area contributed by atoms with E-state index in [1.165, 1.54) is 12.1 Å². The van der Waals surface area contributed by atoms with E-state index in [1.807, 2.05) is 11.0 Å². The number of hydrogen-bond acceptors (Lipinski definition) is 5. The molecular formula is C18H16FN3O3. The number of aldehydes is 1. The fourth-order valence-corrected chi connectivity index (χ4v) is 3.59. The van der Waals surface area contributed by atoms with Crippen LogP contribution in [0.5, 0.6) is 0 Å². The van der Waals surface area contributed by atoms with Crippen molar-refractivity contribution in [3.63, 3.8) is 0 Å². The molecule has 6 nitrogen and oxygen atoms in total. The van der Waals surface area contributed by atoms with Crippen LogP contribution in [-0.4, -0.2) is 22.7 Å². The minimum absolute atomic E-state index is 0.481. The molecule has 1 aromatic heterocycles. The number of nitro benzene ring substituents is 1. The van der Waals surface area contributed by atoms with E-state index in [2.05, 4.69) is 4.98 Å². The summed E-state index contributed by atoms with van der Waals surface area (Å²) in [6.07, 6.45) is 7.00. The molecule has 1 saturated carbocycles. The molecule has 0 saturated heterocycles. The third-order valence-electron chi connectivity index (χ3n) is 4.97. The maximum absolute atomic E-state index is 13.9. The zero-order valence-corrected chi connectivity index (χ0v) is 13.4. The monoisotopic (exact) mass is 341 g/mol. The third-order valence-corrected chi connectivity index (χ3v) is 4.97. The zero-order chi connectivity index (χ0) is 17.6. The lowest BCUT2D eigenvalue weighted by atomic mass is 9.91. The van der Waals surface area contributed by atoms with Gasteiger partial charge in [-0.25, -0.2) is 0 Å². The number of benzene rings is 1. The minimum atomic E-state index is -0.859. The molecule has 1 aromatic carbocycles. The normalized spacial score (nSPS) is 19.4. The van der Waals surface area contributed by atoms with Crippen molar-refractivity contribution in [1.82, 2.24) is 4.98 Å². The molecule has 1 aliphatic carbocycles. The number of pyridine rings is 1. The second-order valence-corrected chi connectivity index (χ2v) is 6.49. The van der Waals surface area contributed by atoms with Crippen molar-refractivity contribution in [3.8, 4) is 0 Å². The van der Waals surface area contributed by atoms with Gasteiger partial charge < -0.3 is 9.69 Å². The van der Waals surface area contributed by atoms with Crippen molar-refractivity contribution < 1.29 is 14.1 Å². The summed E-state index contributed by atoms with van der Waals surface area (Å²) >= 11 is 0. The molecule has 0 N–H and O–H groups in total. The molecule has 25 heavy (non-hydrogen) atoms. The number of rotatable bonds is 4. The average Bonchev–Trinajstić information content (AvgIpc) is 3.45. The molecule has 1 aliphatic heterocycles. The van der Waals surface area contributed by atoms with Crippen molar-refractivity contribution in [3.05, 3.63) is 63.2 Å². The molecule has 0 spiro atoms. The van der Waals surface area contributed by atoms with E-state index in [0.29, 0.717) is 30.0 Å². The molecular weight excluding hydrogens is 325 g/mol. The topological polar surface area (TPSA) is 76.3 Å². The van der Waals surface area contributed by atoms with Gasteiger partial charge in [0.05, 0.1) is 16.8 Å². The first kappa shape index (κ1) is 15.7. The number of halogens is 1. The summed E-state index contributed by atoms with van der Waals surface area (Å²) in [5.41, 5.74) is 2.59. The van der Waals surface area contributed by atoms with Crippen LogP contribution in [0.4, 0.5) is 15.8 Å². The van der Waals surface area contributed by atoms with E-state index in [4.69, 9.17) is 0 Å². The van der Waals surface area contributed by atoms with Gasteiger partial charge in [0.1, 0.15) is 12.3 Å². The number of carbonyl (C=O) groups is 1. The van der Waals surface area contributed by atoms with Gasteiger partial charge in [0.2, 0.25) is 5.82 Å². The summed E-state index contributed by atoms with van der Waals surface area (Å²) in [5.74, 6) is -0.379. The first-order chi connectivity index (χ1) is 12.1. The number of carbonyl (C=O) groups excluding carboxylic acids is 1. The highest BCUT2D eigenvalue weighted by atomic mass is 19.1. The van der Waals surface area contributed by atoms with Gasteiger partial charge >= 0.3 is 5.69 Å². The Morgan fingerprint density at radius 2 is 2.12 bits per heavy atom. The SMILES string of the molecule is O=CC1c2cc([N+](=O)[O-])c(F)cc2CCN1c1cnccc1C1CC1. The summed E-state index contributed by atoms with van der Waals surface area (Å²) in [5, 5.41) is 11.1. The Hall–Kier alpha value is -2.83. The van der Waals surface area contributed by atoms with Crippen molar-refractivity contribution in [2.75, 3.05) is 11.4 Å². The molecule has 0 amide bonds. The number of anilines is 1. The Labute approximate surface area is 143 Å².